The minimum Gasteiger partial charge on any atom is -0.497 e. The lowest BCUT2D eigenvalue weighted by Crippen LogP contribution is -2.19. The smallest absolute Gasteiger partial charge is 0.259 e. The summed E-state index contributed by atoms with van der Waals surface area (Å²) in [6.07, 6.45) is 2.59. The lowest BCUT2D eigenvalue weighted by Gasteiger charge is -2.14. The fourth-order valence-electron chi connectivity index (χ4n) is 3.67. The summed E-state index contributed by atoms with van der Waals surface area (Å²) in [6.45, 7) is 0. The van der Waals surface area contributed by atoms with Gasteiger partial charge in [0, 0.05) is 22.5 Å². The first-order chi connectivity index (χ1) is 18.1. The van der Waals surface area contributed by atoms with Crippen LogP contribution in [0.5, 0.6) is 5.75 Å². The molecule has 0 spiro atoms. The second kappa shape index (κ2) is 11.1. The van der Waals surface area contributed by atoms with Crippen LogP contribution in [0.25, 0.3) is 11.1 Å². The zero-order valence-electron chi connectivity index (χ0n) is 20.2. The number of methoxy groups -OCH3 is 1. The van der Waals surface area contributed by atoms with Crippen LogP contribution in [0.4, 0.5) is 15.9 Å². The molecule has 0 unspecified atom stereocenters. The molecule has 11 heteroatoms. The van der Waals surface area contributed by atoms with Gasteiger partial charge in [-0.2, -0.15) is 0 Å². The highest BCUT2D eigenvalue weighted by atomic mass is 79.9. The minimum atomic E-state index is -3.56. The molecule has 1 aromatic heterocycles. The number of benzene rings is 3. The second-order valence-electron chi connectivity index (χ2n) is 8.14. The molecular formula is C27H21BrFN3O5S. The van der Waals surface area contributed by atoms with E-state index in [1.54, 1.807) is 36.4 Å². The highest BCUT2D eigenvalue weighted by molar-refractivity contribution is 9.10. The quantitative estimate of drug-likeness (QED) is 0.288. The number of ether oxygens (including phenoxy) is 1. The van der Waals surface area contributed by atoms with Gasteiger partial charge in [0.1, 0.15) is 17.4 Å². The Morgan fingerprint density at radius 1 is 0.921 bits per heavy atom. The van der Waals surface area contributed by atoms with E-state index in [4.69, 9.17) is 4.74 Å². The standard InChI is InChI=1S/C27H21BrFN3O5S/c1-37-18-9-11-23(21(14-18)27(34)32-25-12-8-17(28)15-30-25)31-26(33)20-10-7-16(13-22(20)29)19-5-3-4-6-24(19)38(2,35)36/h3-15H,1-2H3,(H,31,33)(H,30,32,34). The molecule has 4 aromatic rings. The number of aromatic nitrogens is 1. The van der Waals surface area contributed by atoms with Gasteiger partial charge >= 0.3 is 0 Å². The molecule has 0 bridgehead atoms. The molecule has 0 aliphatic heterocycles. The van der Waals surface area contributed by atoms with Gasteiger partial charge in [0.05, 0.1) is 28.8 Å². The van der Waals surface area contributed by atoms with Crippen molar-refractivity contribution in [2.24, 2.45) is 0 Å². The average molecular weight is 598 g/mol. The molecule has 4 rings (SSSR count). The molecule has 0 fully saturated rings. The molecule has 0 atom stereocenters. The van der Waals surface area contributed by atoms with E-state index < -0.39 is 27.5 Å². The molecule has 194 valence electrons. The van der Waals surface area contributed by atoms with Crippen molar-refractivity contribution in [1.82, 2.24) is 4.98 Å². The van der Waals surface area contributed by atoms with Crippen LogP contribution in [-0.2, 0) is 9.84 Å². The van der Waals surface area contributed by atoms with Crippen LogP contribution in [0.1, 0.15) is 20.7 Å². The Morgan fingerprint density at radius 2 is 1.66 bits per heavy atom. The third-order valence-corrected chi connectivity index (χ3v) is 7.12. The summed E-state index contributed by atoms with van der Waals surface area (Å²) in [5.41, 5.74) is 0.517. The first-order valence-corrected chi connectivity index (χ1v) is 13.8. The number of carbonyl (C=O) groups excluding carboxylic acids is 2. The largest absolute Gasteiger partial charge is 0.497 e. The number of anilines is 2. The van der Waals surface area contributed by atoms with Crippen LogP contribution in [0.2, 0.25) is 0 Å². The van der Waals surface area contributed by atoms with Crippen molar-refractivity contribution in [3.05, 3.63) is 100 Å². The lowest BCUT2D eigenvalue weighted by atomic mass is 10.0. The molecule has 1 heterocycles. The van der Waals surface area contributed by atoms with Crippen LogP contribution >= 0.6 is 15.9 Å². The molecule has 38 heavy (non-hydrogen) atoms. The van der Waals surface area contributed by atoms with Gasteiger partial charge in [0.25, 0.3) is 11.8 Å². The van der Waals surface area contributed by atoms with E-state index >= 15 is 4.39 Å². The van der Waals surface area contributed by atoms with Crippen molar-refractivity contribution < 1.29 is 27.1 Å². The summed E-state index contributed by atoms with van der Waals surface area (Å²) in [6, 6.07) is 17.8. The molecule has 3 aromatic carbocycles. The van der Waals surface area contributed by atoms with Gasteiger partial charge in [0.2, 0.25) is 0 Å². The van der Waals surface area contributed by atoms with Crippen molar-refractivity contribution in [3.63, 3.8) is 0 Å². The Morgan fingerprint density at radius 3 is 2.32 bits per heavy atom. The summed E-state index contributed by atoms with van der Waals surface area (Å²) in [5.74, 6) is -1.57. The van der Waals surface area contributed by atoms with Crippen molar-refractivity contribution in [1.29, 1.82) is 0 Å². The second-order valence-corrected chi connectivity index (χ2v) is 11.0. The molecule has 0 radical (unpaired) electrons. The van der Waals surface area contributed by atoms with Gasteiger partial charge in [-0.1, -0.05) is 24.3 Å². The number of nitrogens with one attached hydrogen (secondary N) is 2. The summed E-state index contributed by atoms with van der Waals surface area (Å²) in [4.78, 5) is 30.2. The molecule has 0 saturated carbocycles. The van der Waals surface area contributed by atoms with Crippen molar-refractivity contribution in [3.8, 4) is 16.9 Å². The number of hydrogen-bond donors (Lipinski definition) is 2. The Labute approximate surface area is 226 Å². The van der Waals surface area contributed by atoms with E-state index in [2.05, 4.69) is 31.5 Å². The highest BCUT2D eigenvalue weighted by Gasteiger charge is 2.20. The Hall–Kier alpha value is -4.09. The lowest BCUT2D eigenvalue weighted by molar-refractivity contribution is 0.102. The average Bonchev–Trinajstić information content (AvgIpc) is 2.89. The van der Waals surface area contributed by atoms with E-state index in [1.807, 2.05) is 0 Å². The Kier molecular flexibility index (Phi) is 7.88. The molecule has 2 N–H and O–H groups in total. The van der Waals surface area contributed by atoms with Gasteiger partial charge in [0.15, 0.2) is 9.84 Å². The van der Waals surface area contributed by atoms with Gasteiger partial charge in [-0.15, -0.1) is 0 Å². The topological polar surface area (TPSA) is 114 Å². The van der Waals surface area contributed by atoms with Crippen molar-refractivity contribution in [2.45, 2.75) is 4.90 Å². The maximum absolute atomic E-state index is 15.1. The number of hydrogen-bond acceptors (Lipinski definition) is 6. The maximum Gasteiger partial charge on any atom is 0.259 e. The SMILES string of the molecule is COc1ccc(NC(=O)c2ccc(-c3ccccc3S(C)(=O)=O)cc2F)c(C(=O)Nc2ccc(Br)cn2)c1. The number of carbonyl (C=O) groups is 2. The minimum absolute atomic E-state index is 0.0470. The molecule has 0 aliphatic rings. The van der Waals surface area contributed by atoms with Crippen LogP contribution in [-0.4, -0.2) is 38.6 Å². The van der Waals surface area contributed by atoms with Crippen LogP contribution in [0, 0.1) is 5.82 Å². The third-order valence-electron chi connectivity index (χ3n) is 5.50. The molecule has 8 nitrogen and oxygen atoms in total. The number of nitrogens with zero attached hydrogens (tertiary/aromatic N) is 1. The van der Waals surface area contributed by atoms with Crippen LogP contribution < -0.4 is 15.4 Å². The predicted octanol–water partition coefficient (Wildman–Crippen LogP) is 5.57. The first kappa shape index (κ1) is 27.0. The number of amides is 2. The van der Waals surface area contributed by atoms with E-state index in [1.165, 1.54) is 43.6 Å². The fraction of sp³-hybridized carbons (Fsp3) is 0.0741. The predicted molar refractivity (Wildman–Crippen MR) is 146 cm³/mol. The van der Waals surface area contributed by atoms with E-state index in [0.29, 0.717) is 16.9 Å². The summed E-state index contributed by atoms with van der Waals surface area (Å²) in [7, 11) is -2.13. The van der Waals surface area contributed by atoms with Crippen LogP contribution in [0.3, 0.4) is 0 Å². The summed E-state index contributed by atoms with van der Waals surface area (Å²) >= 11 is 3.28. The summed E-state index contributed by atoms with van der Waals surface area (Å²) in [5, 5.41) is 5.21. The molecule has 0 saturated heterocycles. The van der Waals surface area contributed by atoms with E-state index in [-0.39, 0.29) is 27.5 Å². The third kappa shape index (κ3) is 6.06. The number of rotatable bonds is 7. The van der Waals surface area contributed by atoms with Gasteiger partial charge in [-0.3, -0.25) is 9.59 Å². The zero-order chi connectivity index (χ0) is 27.4. The molecule has 0 aliphatic carbocycles. The number of halogens is 2. The van der Waals surface area contributed by atoms with E-state index in [9.17, 15) is 18.0 Å². The molecular weight excluding hydrogens is 577 g/mol. The van der Waals surface area contributed by atoms with E-state index in [0.717, 1.165) is 16.8 Å². The highest BCUT2D eigenvalue weighted by Crippen LogP contribution is 2.29. The summed E-state index contributed by atoms with van der Waals surface area (Å²) < 4.78 is 45.3. The normalized spacial score (nSPS) is 11.1. The first-order valence-electron chi connectivity index (χ1n) is 11.1. The number of sulfone groups is 1. The van der Waals surface area contributed by atoms with Crippen LogP contribution in [0.15, 0.2) is 88.4 Å². The van der Waals surface area contributed by atoms with Gasteiger partial charge in [-0.05, 0) is 70.0 Å². The monoisotopic (exact) mass is 597 g/mol. The Balaban J connectivity index is 1.62. The van der Waals surface area contributed by atoms with Gasteiger partial charge in [-0.25, -0.2) is 17.8 Å². The maximum atomic E-state index is 15.1. The number of pyridine rings is 1. The Bertz CT molecular complexity index is 1640. The fourth-order valence-corrected chi connectivity index (χ4v) is 4.81. The molecule has 2 amide bonds. The van der Waals surface area contributed by atoms with Crippen molar-refractivity contribution in [2.75, 3.05) is 24.0 Å². The zero-order valence-corrected chi connectivity index (χ0v) is 22.6. The van der Waals surface area contributed by atoms with Crippen molar-refractivity contribution >= 4 is 49.1 Å². The van der Waals surface area contributed by atoms with Gasteiger partial charge < -0.3 is 15.4 Å².